The Labute approximate surface area is 136 Å². The molecule has 0 fully saturated rings. The molecule has 1 aliphatic heterocycles. The van der Waals surface area contributed by atoms with Gasteiger partial charge in [-0.2, -0.15) is 4.39 Å². The smallest absolute Gasteiger partial charge is 0.308 e. The van der Waals surface area contributed by atoms with E-state index < -0.39 is 16.4 Å². The number of para-hydroxylation sites is 1. The second-order valence-electron chi connectivity index (χ2n) is 4.94. The highest BCUT2D eigenvalue weighted by Crippen LogP contribution is 2.37. The molecule has 0 radical (unpaired) electrons. The molecular weight excluding hydrogens is 321 g/mol. The number of methoxy groups -OCH3 is 1. The minimum absolute atomic E-state index is 0.0612. The molecule has 0 N–H and O–H groups in total. The van der Waals surface area contributed by atoms with Gasteiger partial charge in [0.2, 0.25) is 5.82 Å². The summed E-state index contributed by atoms with van der Waals surface area (Å²) in [6, 6.07) is 7.28. The third-order valence-electron chi connectivity index (χ3n) is 3.46. The lowest BCUT2D eigenvalue weighted by Gasteiger charge is -2.21. The number of nitro benzene ring substituents is 1. The van der Waals surface area contributed by atoms with Crippen LogP contribution in [0.2, 0.25) is 0 Å². The quantitative estimate of drug-likeness (QED) is 0.617. The molecular formula is C16H14FNO6. The Kier molecular flexibility index (Phi) is 4.37. The van der Waals surface area contributed by atoms with E-state index in [0.29, 0.717) is 30.3 Å². The van der Waals surface area contributed by atoms with Crippen molar-refractivity contribution < 1.29 is 28.3 Å². The molecule has 0 aliphatic carbocycles. The Morgan fingerprint density at radius 2 is 2.04 bits per heavy atom. The van der Waals surface area contributed by atoms with E-state index in [2.05, 4.69) is 0 Å². The molecule has 0 unspecified atom stereocenters. The highest BCUT2D eigenvalue weighted by molar-refractivity contribution is 5.51. The van der Waals surface area contributed by atoms with Crippen LogP contribution in [0.4, 0.5) is 10.1 Å². The fourth-order valence-electron chi connectivity index (χ4n) is 2.34. The van der Waals surface area contributed by atoms with Crippen molar-refractivity contribution in [2.75, 3.05) is 20.3 Å². The van der Waals surface area contributed by atoms with Crippen LogP contribution in [-0.2, 0) is 6.61 Å². The monoisotopic (exact) mass is 335 g/mol. The van der Waals surface area contributed by atoms with E-state index in [1.807, 2.05) is 0 Å². The second kappa shape index (κ2) is 6.61. The van der Waals surface area contributed by atoms with Gasteiger partial charge in [0.1, 0.15) is 19.8 Å². The van der Waals surface area contributed by atoms with Gasteiger partial charge in [-0.25, -0.2) is 0 Å². The van der Waals surface area contributed by atoms with Crippen LogP contribution in [0.5, 0.6) is 23.0 Å². The molecule has 0 bridgehead atoms. The molecule has 0 saturated heterocycles. The third kappa shape index (κ3) is 3.03. The number of rotatable bonds is 5. The third-order valence-corrected chi connectivity index (χ3v) is 3.46. The zero-order valence-electron chi connectivity index (χ0n) is 12.8. The van der Waals surface area contributed by atoms with Gasteiger partial charge < -0.3 is 18.9 Å². The molecule has 1 aliphatic rings. The van der Waals surface area contributed by atoms with E-state index in [-0.39, 0.29) is 18.1 Å². The fourth-order valence-corrected chi connectivity index (χ4v) is 2.34. The number of ether oxygens (including phenoxy) is 4. The van der Waals surface area contributed by atoms with Gasteiger partial charge in [-0.05, 0) is 6.07 Å². The molecule has 2 aromatic carbocycles. The lowest BCUT2D eigenvalue weighted by molar-refractivity contribution is -0.387. The highest BCUT2D eigenvalue weighted by Gasteiger charge is 2.21. The van der Waals surface area contributed by atoms with Crippen LogP contribution >= 0.6 is 0 Å². The molecule has 126 valence electrons. The minimum atomic E-state index is -0.988. The predicted molar refractivity (Wildman–Crippen MR) is 81.4 cm³/mol. The Morgan fingerprint density at radius 1 is 1.25 bits per heavy atom. The number of hydrogen-bond acceptors (Lipinski definition) is 6. The Morgan fingerprint density at radius 3 is 2.79 bits per heavy atom. The molecule has 3 rings (SSSR count). The van der Waals surface area contributed by atoms with Gasteiger partial charge >= 0.3 is 5.69 Å². The number of nitro groups is 1. The lowest BCUT2D eigenvalue weighted by Crippen LogP contribution is -2.17. The number of fused-ring (bicyclic) bond motifs is 1. The first kappa shape index (κ1) is 15.9. The number of benzene rings is 2. The number of halogens is 1. The molecule has 0 spiro atoms. The van der Waals surface area contributed by atoms with Crippen molar-refractivity contribution in [1.82, 2.24) is 0 Å². The first-order chi connectivity index (χ1) is 11.6. The van der Waals surface area contributed by atoms with Crippen LogP contribution in [0.1, 0.15) is 5.56 Å². The summed E-state index contributed by atoms with van der Waals surface area (Å²) in [7, 11) is 1.33. The van der Waals surface area contributed by atoms with Gasteiger partial charge in [-0.3, -0.25) is 10.1 Å². The summed E-state index contributed by atoms with van der Waals surface area (Å²) in [5.41, 5.74) is 0.0294. The molecule has 0 saturated carbocycles. The van der Waals surface area contributed by atoms with Gasteiger partial charge in [0.15, 0.2) is 23.0 Å². The summed E-state index contributed by atoms with van der Waals surface area (Å²) in [5.74, 6) is 0.330. The van der Waals surface area contributed by atoms with Crippen molar-refractivity contribution in [2.24, 2.45) is 0 Å². The van der Waals surface area contributed by atoms with Gasteiger partial charge in [0, 0.05) is 11.6 Å². The summed E-state index contributed by atoms with van der Waals surface area (Å²) < 4.78 is 35.3. The van der Waals surface area contributed by atoms with E-state index in [0.717, 1.165) is 12.1 Å². The van der Waals surface area contributed by atoms with Gasteiger partial charge in [-0.15, -0.1) is 0 Å². The minimum Gasteiger partial charge on any atom is -0.493 e. The first-order valence-corrected chi connectivity index (χ1v) is 7.12. The first-order valence-electron chi connectivity index (χ1n) is 7.12. The molecule has 0 amide bonds. The van der Waals surface area contributed by atoms with E-state index in [4.69, 9.17) is 18.9 Å². The van der Waals surface area contributed by atoms with E-state index in [9.17, 15) is 14.5 Å². The van der Waals surface area contributed by atoms with Crippen molar-refractivity contribution in [1.29, 1.82) is 0 Å². The lowest BCUT2D eigenvalue weighted by atomic mass is 10.2. The van der Waals surface area contributed by atoms with Gasteiger partial charge in [-0.1, -0.05) is 12.1 Å². The summed E-state index contributed by atoms with van der Waals surface area (Å²) in [6.07, 6.45) is 0. The highest BCUT2D eigenvalue weighted by atomic mass is 19.1. The molecule has 0 aromatic heterocycles. The normalized spacial score (nSPS) is 12.6. The number of nitrogens with zero attached hydrogens (tertiary/aromatic N) is 1. The maximum absolute atomic E-state index is 13.6. The van der Waals surface area contributed by atoms with Crippen LogP contribution in [0.15, 0.2) is 30.3 Å². The van der Waals surface area contributed by atoms with Crippen LogP contribution in [0.3, 0.4) is 0 Å². The average Bonchev–Trinajstić information content (AvgIpc) is 2.60. The van der Waals surface area contributed by atoms with Crippen LogP contribution < -0.4 is 18.9 Å². The standard InChI is InChI=1S/C16H14FNO6/c1-21-14-7-11(17)12(18(19)20)8-15(14)24-9-10-3-2-4-13-16(10)23-6-5-22-13/h2-4,7-8H,5-6,9H2,1H3. The van der Waals surface area contributed by atoms with Gasteiger partial charge in [0.25, 0.3) is 0 Å². The number of hydrogen-bond donors (Lipinski definition) is 0. The van der Waals surface area contributed by atoms with Crippen LogP contribution in [0.25, 0.3) is 0 Å². The van der Waals surface area contributed by atoms with Crippen LogP contribution in [-0.4, -0.2) is 25.2 Å². The Hall–Kier alpha value is -3.03. The zero-order chi connectivity index (χ0) is 17.1. The second-order valence-corrected chi connectivity index (χ2v) is 4.94. The van der Waals surface area contributed by atoms with E-state index in [1.54, 1.807) is 18.2 Å². The van der Waals surface area contributed by atoms with Crippen molar-refractivity contribution in [3.05, 3.63) is 51.8 Å². The zero-order valence-corrected chi connectivity index (χ0v) is 12.8. The summed E-state index contributed by atoms with van der Waals surface area (Å²) >= 11 is 0. The van der Waals surface area contributed by atoms with Crippen molar-refractivity contribution in [3.8, 4) is 23.0 Å². The van der Waals surface area contributed by atoms with Crippen molar-refractivity contribution in [2.45, 2.75) is 6.61 Å². The molecule has 7 nitrogen and oxygen atoms in total. The Bertz CT molecular complexity index is 779. The molecule has 24 heavy (non-hydrogen) atoms. The molecule has 8 heteroatoms. The van der Waals surface area contributed by atoms with E-state index in [1.165, 1.54) is 7.11 Å². The summed E-state index contributed by atoms with van der Waals surface area (Å²) in [4.78, 5) is 10.1. The SMILES string of the molecule is COc1cc(F)c([N+](=O)[O-])cc1OCc1cccc2c1OCCO2. The fraction of sp³-hybridized carbons (Fsp3) is 0.250. The summed E-state index contributed by atoms with van der Waals surface area (Å²) in [6.45, 7) is 0.955. The molecule has 1 heterocycles. The summed E-state index contributed by atoms with van der Waals surface area (Å²) in [5, 5.41) is 10.9. The molecule has 0 atom stereocenters. The van der Waals surface area contributed by atoms with Crippen molar-refractivity contribution in [3.63, 3.8) is 0 Å². The predicted octanol–water partition coefficient (Wildman–Crippen LogP) is 3.09. The Balaban J connectivity index is 1.87. The maximum Gasteiger partial charge on any atom is 0.308 e. The topological polar surface area (TPSA) is 80.1 Å². The maximum atomic E-state index is 13.6. The largest absolute Gasteiger partial charge is 0.493 e. The van der Waals surface area contributed by atoms with E-state index >= 15 is 0 Å². The van der Waals surface area contributed by atoms with Crippen LogP contribution in [0, 0.1) is 15.9 Å². The average molecular weight is 335 g/mol. The van der Waals surface area contributed by atoms with Crippen molar-refractivity contribution >= 4 is 5.69 Å². The van der Waals surface area contributed by atoms with Gasteiger partial charge in [0.05, 0.1) is 18.1 Å². The molecule has 2 aromatic rings.